The van der Waals surface area contributed by atoms with Gasteiger partial charge in [0, 0.05) is 31.1 Å². The zero-order valence-electron chi connectivity index (χ0n) is 20.8. The molecule has 4 rings (SSSR count). The van der Waals surface area contributed by atoms with Gasteiger partial charge >= 0.3 is 5.97 Å². The smallest absolute Gasteiger partial charge is 0.338 e. The fraction of sp³-hybridized carbons (Fsp3) is 0.357. The van der Waals surface area contributed by atoms with Crippen LogP contribution in [0.1, 0.15) is 37.6 Å². The fourth-order valence-electron chi connectivity index (χ4n) is 5.14. The molecule has 0 aliphatic carbocycles. The average Bonchev–Trinajstić information content (AvgIpc) is 2.87. The van der Waals surface area contributed by atoms with E-state index in [9.17, 15) is 19.7 Å². The minimum atomic E-state index is -0.771. The molecule has 1 aliphatic heterocycles. The maximum atomic E-state index is 13.0. The Labute approximate surface area is 210 Å². The Bertz CT molecular complexity index is 1280. The number of likely N-dealkylation sites (N-methyl/N-ethyl adjacent to an activating group) is 1. The molecule has 1 aliphatic rings. The van der Waals surface area contributed by atoms with E-state index in [2.05, 4.69) is 13.8 Å². The van der Waals surface area contributed by atoms with Gasteiger partial charge in [-0.25, -0.2) is 4.79 Å². The summed E-state index contributed by atoms with van der Waals surface area (Å²) in [6, 6.07) is 17.8. The normalized spacial score (nSPS) is 17.6. The number of ether oxygens (including phenoxy) is 1. The first-order chi connectivity index (χ1) is 17.3. The third kappa shape index (κ3) is 5.32. The highest BCUT2D eigenvalue weighted by molar-refractivity contribution is 6.04. The Morgan fingerprint density at radius 2 is 1.75 bits per heavy atom. The van der Waals surface area contributed by atoms with E-state index in [1.807, 2.05) is 54.3 Å². The fourth-order valence-corrected chi connectivity index (χ4v) is 5.14. The molecule has 0 bridgehead atoms. The molecule has 3 aromatic rings. The summed E-state index contributed by atoms with van der Waals surface area (Å²) in [6.07, 6.45) is 1.08. The van der Waals surface area contributed by atoms with Gasteiger partial charge in [0.1, 0.15) is 5.69 Å². The Kier molecular flexibility index (Phi) is 7.52. The lowest BCUT2D eigenvalue weighted by Gasteiger charge is -2.36. The molecule has 0 spiro atoms. The Morgan fingerprint density at radius 3 is 2.44 bits per heavy atom. The average molecular weight is 490 g/mol. The Balaban J connectivity index is 1.49. The molecule has 1 heterocycles. The van der Waals surface area contributed by atoms with Crippen molar-refractivity contribution in [2.75, 3.05) is 36.0 Å². The summed E-state index contributed by atoms with van der Waals surface area (Å²) in [7, 11) is 0. The van der Waals surface area contributed by atoms with Crippen LogP contribution in [-0.2, 0) is 9.53 Å². The lowest BCUT2D eigenvalue weighted by molar-refractivity contribution is -0.384. The van der Waals surface area contributed by atoms with Gasteiger partial charge in [0.2, 0.25) is 0 Å². The van der Waals surface area contributed by atoms with Gasteiger partial charge in [-0.1, -0.05) is 50.2 Å². The van der Waals surface area contributed by atoms with Crippen molar-refractivity contribution < 1.29 is 19.2 Å². The van der Waals surface area contributed by atoms with Crippen LogP contribution in [0.25, 0.3) is 10.8 Å². The molecule has 0 N–H and O–H groups in total. The lowest BCUT2D eigenvalue weighted by atomic mass is 9.91. The minimum absolute atomic E-state index is 0.0459. The Morgan fingerprint density at radius 1 is 1.06 bits per heavy atom. The van der Waals surface area contributed by atoms with Crippen LogP contribution < -0.4 is 9.80 Å². The highest BCUT2D eigenvalue weighted by Crippen LogP contribution is 2.34. The summed E-state index contributed by atoms with van der Waals surface area (Å²) in [4.78, 5) is 40.7. The van der Waals surface area contributed by atoms with E-state index in [0.29, 0.717) is 24.1 Å². The van der Waals surface area contributed by atoms with E-state index >= 15 is 0 Å². The molecule has 1 saturated heterocycles. The number of rotatable bonds is 7. The number of nitro benzene ring substituents is 1. The number of nitrogens with zero attached hydrogens (tertiary/aromatic N) is 3. The highest BCUT2D eigenvalue weighted by atomic mass is 16.6. The molecule has 3 aromatic carbocycles. The van der Waals surface area contributed by atoms with Crippen molar-refractivity contribution in [2.24, 2.45) is 11.8 Å². The second-order valence-electron chi connectivity index (χ2n) is 9.52. The molecule has 8 heteroatoms. The number of amides is 1. The number of fused-ring (bicyclic) bond motifs is 1. The summed E-state index contributed by atoms with van der Waals surface area (Å²) in [5.41, 5.74) is 1.15. The van der Waals surface area contributed by atoms with Crippen molar-refractivity contribution in [1.29, 1.82) is 0 Å². The largest absolute Gasteiger partial charge is 0.452 e. The lowest BCUT2D eigenvalue weighted by Crippen LogP contribution is -2.39. The molecule has 1 amide bonds. The number of hydrogen-bond acceptors (Lipinski definition) is 6. The molecular formula is C28H31N3O5. The quantitative estimate of drug-likeness (QED) is 0.249. The van der Waals surface area contributed by atoms with Crippen molar-refractivity contribution in [1.82, 2.24) is 0 Å². The van der Waals surface area contributed by atoms with Crippen LogP contribution in [0.15, 0.2) is 60.7 Å². The SMILES string of the molecule is CCN(C(=O)COC(=O)c1ccc(N2C[C@H](C)C[C@@H](C)C2)c([N+](=O)[O-])c1)c1cccc2ccccc12. The van der Waals surface area contributed by atoms with Gasteiger partial charge in [-0.2, -0.15) is 0 Å². The maximum absolute atomic E-state index is 13.0. The summed E-state index contributed by atoms with van der Waals surface area (Å²) >= 11 is 0. The third-order valence-corrected chi connectivity index (χ3v) is 6.62. The standard InChI is InChI=1S/C28H31N3O5/c1-4-30(24-11-7-9-21-8-5-6-10-23(21)24)27(32)18-36-28(33)22-12-13-25(26(15-22)31(34)35)29-16-19(2)14-20(3)17-29/h5-13,15,19-20H,4,14,16-18H2,1-3H3/t19-,20-/m1/s1. The summed E-state index contributed by atoms with van der Waals surface area (Å²) in [5.74, 6) is -0.295. The molecule has 8 nitrogen and oxygen atoms in total. The second-order valence-corrected chi connectivity index (χ2v) is 9.52. The highest BCUT2D eigenvalue weighted by Gasteiger charge is 2.28. The van der Waals surface area contributed by atoms with Gasteiger partial charge < -0.3 is 14.5 Å². The van der Waals surface area contributed by atoms with Crippen molar-refractivity contribution in [3.05, 3.63) is 76.3 Å². The number of nitro groups is 1. The van der Waals surface area contributed by atoms with E-state index in [4.69, 9.17) is 4.74 Å². The molecule has 0 unspecified atom stereocenters. The zero-order valence-corrected chi connectivity index (χ0v) is 20.8. The number of hydrogen-bond donors (Lipinski definition) is 0. The van der Waals surface area contributed by atoms with Gasteiger partial charge in [0.05, 0.1) is 16.2 Å². The number of carbonyl (C=O) groups is 2. The number of piperidine rings is 1. The molecule has 188 valence electrons. The Hall–Kier alpha value is -3.94. The summed E-state index contributed by atoms with van der Waals surface area (Å²) < 4.78 is 5.29. The summed E-state index contributed by atoms with van der Waals surface area (Å²) in [5, 5.41) is 13.8. The van der Waals surface area contributed by atoms with Gasteiger partial charge in [0.15, 0.2) is 6.61 Å². The first kappa shape index (κ1) is 25.2. The van der Waals surface area contributed by atoms with E-state index in [1.54, 1.807) is 11.0 Å². The molecule has 36 heavy (non-hydrogen) atoms. The predicted octanol–water partition coefficient (Wildman–Crippen LogP) is 5.44. The minimum Gasteiger partial charge on any atom is -0.452 e. The zero-order chi connectivity index (χ0) is 25.8. The van der Waals surface area contributed by atoms with Crippen LogP contribution in [0.2, 0.25) is 0 Å². The van der Waals surface area contributed by atoms with E-state index in [1.165, 1.54) is 12.1 Å². The third-order valence-electron chi connectivity index (χ3n) is 6.62. The van der Waals surface area contributed by atoms with E-state index in [-0.39, 0.29) is 17.2 Å². The molecular weight excluding hydrogens is 458 g/mol. The topological polar surface area (TPSA) is 93.0 Å². The van der Waals surface area contributed by atoms with Crippen LogP contribution in [0.5, 0.6) is 0 Å². The predicted molar refractivity (Wildman–Crippen MR) is 141 cm³/mol. The van der Waals surface area contributed by atoms with Crippen LogP contribution in [-0.4, -0.2) is 43.0 Å². The monoisotopic (exact) mass is 489 g/mol. The maximum Gasteiger partial charge on any atom is 0.338 e. The first-order valence-electron chi connectivity index (χ1n) is 12.3. The van der Waals surface area contributed by atoms with Crippen LogP contribution in [0.3, 0.4) is 0 Å². The van der Waals surface area contributed by atoms with E-state index in [0.717, 1.165) is 36.0 Å². The van der Waals surface area contributed by atoms with Gasteiger partial charge in [-0.15, -0.1) is 0 Å². The first-order valence-corrected chi connectivity index (χ1v) is 12.3. The van der Waals surface area contributed by atoms with Crippen LogP contribution >= 0.6 is 0 Å². The van der Waals surface area contributed by atoms with Crippen molar-refractivity contribution >= 4 is 39.7 Å². The molecule has 0 radical (unpaired) electrons. The number of esters is 1. The molecule has 2 atom stereocenters. The van der Waals surface area contributed by atoms with Gasteiger partial charge in [0.25, 0.3) is 11.6 Å². The van der Waals surface area contributed by atoms with E-state index < -0.39 is 17.5 Å². The number of carbonyl (C=O) groups excluding carboxylic acids is 2. The number of anilines is 2. The molecule has 0 aromatic heterocycles. The molecule has 0 saturated carbocycles. The van der Waals surface area contributed by atoms with Crippen molar-refractivity contribution in [3.8, 4) is 0 Å². The molecule has 1 fully saturated rings. The van der Waals surface area contributed by atoms with Crippen molar-refractivity contribution in [2.45, 2.75) is 27.2 Å². The van der Waals surface area contributed by atoms with Gasteiger partial charge in [-0.05, 0) is 48.8 Å². The van der Waals surface area contributed by atoms with Crippen LogP contribution in [0, 0.1) is 22.0 Å². The van der Waals surface area contributed by atoms with Gasteiger partial charge in [-0.3, -0.25) is 14.9 Å². The number of benzene rings is 3. The van der Waals surface area contributed by atoms with Crippen molar-refractivity contribution in [3.63, 3.8) is 0 Å². The summed E-state index contributed by atoms with van der Waals surface area (Å²) in [6.45, 7) is 7.51. The van der Waals surface area contributed by atoms with Crippen LogP contribution in [0.4, 0.5) is 17.1 Å². The second kappa shape index (κ2) is 10.8.